The van der Waals surface area contributed by atoms with Crippen molar-refractivity contribution in [3.8, 4) is 11.5 Å². The van der Waals surface area contributed by atoms with E-state index in [4.69, 9.17) is 14.5 Å². The number of aromatic nitrogens is 1. The normalized spacial score (nSPS) is 11.2. The van der Waals surface area contributed by atoms with Gasteiger partial charge in [0, 0.05) is 24.4 Å². The van der Waals surface area contributed by atoms with Gasteiger partial charge in [-0.25, -0.2) is 4.98 Å². The highest BCUT2D eigenvalue weighted by Crippen LogP contribution is 2.36. The van der Waals surface area contributed by atoms with Crippen LogP contribution in [0.5, 0.6) is 11.5 Å². The number of nitrogens with zero attached hydrogens (tertiary/aromatic N) is 3. The monoisotopic (exact) mass is 501 g/mol. The van der Waals surface area contributed by atoms with E-state index in [1.165, 1.54) is 4.90 Å². The van der Waals surface area contributed by atoms with Crippen LogP contribution in [0.15, 0.2) is 41.3 Å². The molecule has 0 fully saturated rings. The van der Waals surface area contributed by atoms with Crippen LogP contribution in [0.2, 0.25) is 0 Å². The Hall–Kier alpha value is -2.29. The van der Waals surface area contributed by atoms with E-state index in [0.29, 0.717) is 13.0 Å². The van der Waals surface area contributed by atoms with Crippen molar-refractivity contribution >= 4 is 44.4 Å². The Labute approximate surface area is 211 Å². The van der Waals surface area contributed by atoms with Gasteiger partial charge in [-0.1, -0.05) is 31.3 Å². The third-order valence-corrected chi connectivity index (χ3v) is 8.15. The van der Waals surface area contributed by atoms with Crippen molar-refractivity contribution in [1.29, 1.82) is 0 Å². The highest BCUT2D eigenvalue weighted by Gasteiger charge is 2.22. The van der Waals surface area contributed by atoms with Crippen LogP contribution in [0, 0.1) is 6.92 Å². The minimum Gasteiger partial charge on any atom is -0.497 e. The summed E-state index contributed by atoms with van der Waals surface area (Å²) in [6, 6.07) is 12.0. The fraction of sp³-hybridized carbons (Fsp3) is 0.462. The maximum Gasteiger partial charge on any atom is 0.228 e. The van der Waals surface area contributed by atoms with Gasteiger partial charge in [0.05, 0.1) is 18.9 Å². The van der Waals surface area contributed by atoms with Crippen molar-refractivity contribution in [2.45, 2.75) is 38.5 Å². The summed E-state index contributed by atoms with van der Waals surface area (Å²) in [5.74, 6) is 2.61. The molecule has 0 saturated heterocycles. The molecule has 0 atom stereocenters. The number of carbonyl (C=O) groups is 1. The zero-order valence-corrected chi connectivity index (χ0v) is 22.4. The molecule has 8 heteroatoms. The van der Waals surface area contributed by atoms with Crippen LogP contribution in [0.1, 0.15) is 32.3 Å². The first-order valence-corrected chi connectivity index (χ1v) is 13.5. The number of hydrogen-bond acceptors (Lipinski definition) is 7. The first kappa shape index (κ1) is 26.3. The van der Waals surface area contributed by atoms with E-state index in [2.05, 4.69) is 37.8 Å². The average Bonchev–Trinajstić information content (AvgIpc) is 3.31. The molecule has 0 saturated carbocycles. The predicted octanol–water partition coefficient (Wildman–Crippen LogP) is 5.87. The number of benzene rings is 2. The van der Waals surface area contributed by atoms with Gasteiger partial charge in [0.25, 0.3) is 0 Å². The average molecular weight is 502 g/mol. The number of methoxy groups -OCH3 is 2. The van der Waals surface area contributed by atoms with Crippen LogP contribution in [-0.4, -0.2) is 61.9 Å². The van der Waals surface area contributed by atoms with Crippen LogP contribution in [0.25, 0.3) is 10.2 Å². The minimum atomic E-state index is 0.123. The van der Waals surface area contributed by atoms with E-state index < -0.39 is 0 Å². The van der Waals surface area contributed by atoms with Crippen LogP contribution in [-0.2, 0) is 4.79 Å². The highest BCUT2D eigenvalue weighted by atomic mass is 32.2. The molecule has 3 rings (SSSR count). The van der Waals surface area contributed by atoms with E-state index in [9.17, 15) is 4.79 Å². The highest BCUT2D eigenvalue weighted by molar-refractivity contribution is 7.99. The molecular weight excluding hydrogens is 466 g/mol. The van der Waals surface area contributed by atoms with Gasteiger partial charge in [0.15, 0.2) is 5.13 Å². The van der Waals surface area contributed by atoms with E-state index in [-0.39, 0.29) is 5.91 Å². The molecule has 0 unspecified atom stereocenters. The predicted molar refractivity (Wildman–Crippen MR) is 144 cm³/mol. The number of carbonyl (C=O) groups excluding carboxylic acids is 1. The van der Waals surface area contributed by atoms with Crippen LogP contribution >= 0.6 is 23.1 Å². The summed E-state index contributed by atoms with van der Waals surface area (Å²) in [5, 5.41) is 0.752. The Morgan fingerprint density at radius 3 is 2.41 bits per heavy atom. The second-order valence-electron chi connectivity index (χ2n) is 7.96. The fourth-order valence-corrected chi connectivity index (χ4v) is 5.65. The summed E-state index contributed by atoms with van der Waals surface area (Å²) in [5.41, 5.74) is 1.98. The van der Waals surface area contributed by atoms with Crippen LogP contribution < -0.4 is 14.4 Å². The largest absolute Gasteiger partial charge is 0.497 e. The fourth-order valence-electron chi connectivity index (χ4n) is 3.71. The molecule has 6 nitrogen and oxygen atoms in total. The zero-order valence-electron chi connectivity index (χ0n) is 20.8. The van der Waals surface area contributed by atoms with E-state index >= 15 is 0 Å². The van der Waals surface area contributed by atoms with Gasteiger partial charge in [0.1, 0.15) is 17.0 Å². The number of fused-ring (bicyclic) bond motifs is 1. The summed E-state index contributed by atoms with van der Waals surface area (Å²) in [6.07, 6.45) is 1.30. The quantitative estimate of drug-likeness (QED) is 0.216. The molecule has 2 aromatic carbocycles. The first-order valence-electron chi connectivity index (χ1n) is 11.7. The van der Waals surface area contributed by atoms with Gasteiger partial charge in [-0.2, -0.15) is 0 Å². The Morgan fingerprint density at radius 2 is 1.76 bits per heavy atom. The molecule has 3 aromatic rings. The molecule has 34 heavy (non-hydrogen) atoms. The second kappa shape index (κ2) is 13.0. The van der Waals surface area contributed by atoms with Crippen molar-refractivity contribution in [2.75, 3.05) is 51.1 Å². The topological polar surface area (TPSA) is 54.9 Å². The Morgan fingerprint density at radius 1 is 1.03 bits per heavy atom. The molecule has 0 radical (unpaired) electrons. The minimum absolute atomic E-state index is 0.123. The summed E-state index contributed by atoms with van der Waals surface area (Å²) in [4.78, 5) is 23.6. The molecule has 0 aliphatic carbocycles. The lowest BCUT2D eigenvalue weighted by Crippen LogP contribution is -2.38. The number of anilines is 1. The zero-order chi connectivity index (χ0) is 24.5. The second-order valence-corrected chi connectivity index (χ2v) is 10.1. The number of aryl methyl sites for hydroxylation is 1. The molecular formula is C26H35N3O3S2. The van der Waals surface area contributed by atoms with Crippen molar-refractivity contribution < 1.29 is 14.3 Å². The van der Waals surface area contributed by atoms with Crippen molar-refractivity contribution in [3.05, 3.63) is 42.0 Å². The van der Waals surface area contributed by atoms with Crippen molar-refractivity contribution in [1.82, 2.24) is 9.88 Å². The molecule has 1 heterocycles. The van der Waals surface area contributed by atoms with Gasteiger partial charge in [-0.15, -0.1) is 11.8 Å². The van der Waals surface area contributed by atoms with E-state index in [1.54, 1.807) is 37.3 Å². The van der Waals surface area contributed by atoms with Gasteiger partial charge >= 0.3 is 0 Å². The molecule has 184 valence electrons. The van der Waals surface area contributed by atoms with E-state index in [0.717, 1.165) is 64.2 Å². The molecule has 0 spiro atoms. The van der Waals surface area contributed by atoms with Crippen LogP contribution in [0.4, 0.5) is 5.13 Å². The summed E-state index contributed by atoms with van der Waals surface area (Å²) < 4.78 is 11.8. The van der Waals surface area contributed by atoms with Gasteiger partial charge in [0.2, 0.25) is 5.91 Å². The lowest BCUT2D eigenvalue weighted by Gasteiger charge is -2.24. The number of thioether (sulfide) groups is 1. The molecule has 1 aromatic heterocycles. The standard InChI is InChI=1S/C26H35N3O3S2/c1-6-28(7-2)16-17-29(26-27-24-22(32-5)15-10-19(3)25(24)34-26)23(30)9-8-18-33-21-13-11-20(31-4)12-14-21/h10-15H,6-9,16-18H2,1-5H3. The maximum absolute atomic E-state index is 13.4. The molecule has 0 bridgehead atoms. The van der Waals surface area contributed by atoms with Crippen molar-refractivity contribution in [3.63, 3.8) is 0 Å². The summed E-state index contributed by atoms with van der Waals surface area (Å²) >= 11 is 3.34. The van der Waals surface area contributed by atoms with Crippen LogP contribution in [0.3, 0.4) is 0 Å². The third kappa shape index (κ3) is 6.64. The number of thiazole rings is 1. The SMILES string of the molecule is CCN(CC)CCN(C(=O)CCCSc1ccc(OC)cc1)c1nc2c(OC)ccc(C)c2s1. The Kier molecular flexibility index (Phi) is 10.0. The smallest absolute Gasteiger partial charge is 0.228 e. The Bertz CT molecular complexity index is 1070. The Balaban J connectivity index is 1.71. The molecule has 0 aliphatic rings. The summed E-state index contributed by atoms with van der Waals surface area (Å²) in [6.45, 7) is 9.75. The van der Waals surface area contributed by atoms with E-state index in [1.807, 2.05) is 29.2 Å². The molecule has 0 aliphatic heterocycles. The first-order chi connectivity index (χ1) is 16.5. The number of rotatable bonds is 13. The maximum atomic E-state index is 13.4. The number of hydrogen-bond donors (Lipinski definition) is 0. The van der Waals surface area contributed by atoms with Gasteiger partial charge < -0.3 is 14.4 Å². The van der Waals surface area contributed by atoms with Crippen molar-refractivity contribution in [2.24, 2.45) is 0 Å². The number of likely N-dealkylation sites (N-methyl/N-ethyl adjacent to an activating group) is 1. The molecule has 0 N–H and O–H groups in total. The number of ether oxygens (including phenoxy) is 2. The number of amides is 1. The lowest BCUT2D eigenvalue weighted by atomic mass is 10.2. The lowest BCUT2D eigenvalue weighted by molar-refractivity contribution is -0.118. The summed E-state index contributed by atoms with van der Waals surface area (Å²) in [7, 11) is 3.33. The molecule has 1 amide bonds. The van der Waals surface area contributed by atoms with Gasteiger partial charge in [-0.3, -0.25) is 9.69 Å². The third-order valence-electron chi connectivity index (χ3n) is 5.84. The van der Waals surface area contributed by atoms with Gasteiger partial charge in [-0.05, 0) is 68.1 Å².